The number of hydrogen-bond acceptors (Lipinski definition) is 3. The average molecular weight is 193 g/mol. The Morgan fingerprint density at radius 2 is 2.36 bits per heavy atom. The zero-order valence-corrected chi connectivity index (χ0v) is 8.58. The molecule has 0 aromatic carbocycles. The molecule has 1 aromatic rings. The number of rotatable bonds is 3. The SMILES string of the molecule is Cc1cnn(C)c1C(=O)C1(CN)CC1. The van der Waals surface area contributed by atoms with Gasteiger partial charge in [-0.15, -0.1) is 0 Å². The Kier molecular flexibility index (Phi) is 1.96. The lowest BCUT2D eigenvalue weighted by Gasteiger charge is -2.11. The average Bonchev–Trinajstić information content (AvgIpc) is 2.89. The van der Waals surface area contributed by atoms with Gasteiger partial charge in [0.05, 0.1) is 6.20 Å². The van der Waals surface area contributed by atoms with Crippen LogP contribution in [0, 0.1) is 12.3 Å². The van der Waals surface area contributed by atoms with Crippen molar-refractivity contribution in [2.45, 2.75) is 19.8 Å². The molecule has 1 aliphatic carbocycles. The van der Waals surface area contributed by atoms with Crippen LogP contribution in [0.2, 0.25) is 0 Å². The third-order valence-electron chi connectivity index (χ3n) is 3.06. The Hall–Kier alpha value is -1.16. The summed E-state index contributed by atoms with van der Waals surface area (Å²) < 4.78 is 1.65. The molecule has 14 heavy (non-hydrogen) atoms. The molecule has 4 nitrogen and oxygen atoms in total. The summed E-state index contributed by atoms with van der Waals surface area (Å²) in [6, 6.07) is 0. The second-order valence-corrected chi connectivity index (χ2v) is 4.11. The van der Waals surface area contributed by atoms with Gasteiger partial charge in [0.15, 0.2) is 5.78 Å². The molecule has 0 radical (unpaired) electrons. The number of carbonyl (C=O) groups is 1. The Balaban J connectivity index is 2.36. The van der Waals surface area contributed by atoms with Crippen LogP contribution < -0.4 is 5.73 Å². The molecule has 1 heterocycles. The Morgan fingerprint density at radius 3 is 2.71 bits per heavy atom. The standard InChI is InChI=1S/C10H15N3O/c1-7-5-12-13(2)8(7)9(14)10(6-11)3-4-10/h5H,3-4,6,11H2,1-2H3. The summed E-state index contributed by atoms with van der Waals surface area (Å²) in [4.78, 5) is 12.1. The molecule has 0 aliphatic heterocycles. The summed E-state index contributed by atoms with van der Waals surface area (Å²) in [5, 5.41) is 4.07. The predicted octanol–water partition coefficient (Wildman–Crippen LogP) is 0.650. The Labute approximate surface area is 83.1 Å². The molecule has 0 spiro atoms. The van der Waals surface area contributed by atoms with Crippen molar-refractivity contribution >= 4 is 5.78 Å². The van der Waals surface area contributed by atoms with Gasteiger partial charge < -0.3 is 5.73 Å². The number of nitrogens with zero attached hydrogens (tertiary/aromatic N) is 2. The molecule has 0 saturated heterocycles. The minimum absolute atomic E-state index is 0.164. The van der Waals surface area contributed by atoms with Gasteiger partial charge in [-0.3, -0.25) is 9.48 Å². The third-order valence-corrected chi connectivity index (χ3v) is 3.06. The van der Waals surface area contributed by atoms with Crippen LogP contribution in [0.15, 0.2) is 6.20 Å². The van der Waals surface area contributed by atoms with Crippen molar-refractivity contribution in [2.24, 2.45) is 18.2 Å². The highest BCUT2D eigenvalue weighted by Gasteiger charge is 2.49. The van der Waals surface area contributed by atoms with Crippen molar-refractivity contribution in [1.82, 2.24) is 9.78 Å². The van der Waals surface area contributed by atoms with E-state index in [1.807, 2.05) is 6.92 Å². The number of aryl methyl sites for hydroxylation is 2. The smallest absolute Gasteiger partial charge is 0.188 e. The summed E-state index contributed by atoms with van der Waals surface area (Å²) in [6.45, 7) is 2.36. The summed E-state index contributed by atoms with van der Waals surface area (Å²) >= 11 is 0. The fraction of sp³-hybridized carbons (Fsp3) is 0.600. The van der Waals surface area contributed by atoms with Crippen LogP contribution in [0.5, 0.6) is 0 Å². The molecule has 0 atom stereocenters. The van der Waals surface area contributed by atoms with Crippen LogP contribution >= 0.6 is 0 Å². The van der Waals surface area contributed by atoms with Crippen LogP contribution in [-0.2, 0) is 7.05 Å². The first-order valence-electron chi connectivity index (χ1n) is 4.84. The molecule has 1 aromatic heterocycles. The van der Waals surface area contributed by atoms with E-state index in [0.717, 1.165) is 18.4 Å². The van der Waals surface area contributed by atoms with Gasteiger partial charge in [0.2, 0.25) is 0 Å². The van der Waals surface area contributed by atoms with Crippen LogP contribution in [0.3, 0.4) is 0 Å². The van der Waals surface area contributed by atoms with Crippen molar-refractivity contribution in [1.29, 1.82) is 0 Å². The first-order valence-corrected chi connectivity index (χ1v) is 4.84. The summed E-state index contributed by atoms with van der Waals surface area (Å²) in [5.41, 5.74) is 7.02. The van der Waals surface area contributed by atoms with Crippen molar-refractivity contribution in [3.8, 4) is 0 Å². The highest BCUT2D eigenvalue weighted by molar-refractivity contribution is 6.02. The molecule has 2 rings (SSSR count). The second kappa shape index (κ2) is 2.92. The molecule has 1 fully saturated rings. The normalized spacial score (nSPS) is 18.2. The number of hydrogen-bond donors (Lipinski definition) is 1. The highest BCUT2D eigenvalue weighted by atomic mass is 16.1. The summed E-state index contributed by atoms with van der Waals surface area (Å²) in [7, 11) is 1.80. The molecule has 1 saturated carbocycles. The molecule has 76 valence electrons. The largest absolute Gasteiger partial charge is 0.329 e. The minimum Gasteiger partial charge on any atom is -0.329 e. The topological polar surface area (TPSA) is 60.9 Å². The van der Waals surface area contributed by atoms with Crippen LogP contribution in [0.25, 0.3) is 0 Å². The fourth-order valence-electron chi connectivity index (χ4n) is 1.80. The number of ketones is 1. The number of carbonyl (C=O) groups excluding carboxylic acids is 1. The van der Waals surface area contributed by atoms with E-state index in [1.165, 1.54) is 0 Å². The number of Topliss-reactive ketones (excluding diaryl/α,β-unsaturated/α-hetero) is 1. The van der Waals surface area contributed by atoms with Gasteiger partial charge in [-0.1, -0.05) is 0 Å². The van der Waals surface area contributed by atoms with Crippen LogP contribution in [-0.4, -0.2) is 22.1 Å². The van der Waals surface area contributed by atoms with E-state index in [4.69, 9.17) is 5.73 Å². The van der Waals surface area contributed by atoms with E-state index in [2.05, 4.69) is 5.10 Å². The van der Waals surface area contributed by atoms with E-state index in [-0.39, 0.29) is 11.2 Å². The predicted molar refractivity (Wildman–Crippen MR) is 53.0 cm³/mol. The maximum absolute atomic E-state index is 12.1. The van der Waals surface area contributed by atoms with Gasteiger partial charge >= 0.3 is 0 Å². The van der Waals surface area contributed by atoms with Gasteiger partial charge in [-0.2, -0.15) is 5.10 Å². The molecular formula is C10H15N3O. The highest BCUT2D eigenvalue weighted by Crippen LogP contribution is 2.47. The molecule has 1 aliphatic rings. The third kappa shape index (κ3) is 1.18. The molecule has 0 amide bonds. The number of aromatic nitrogens is 2. The maximum Gasteiger partial charge on any atom is 0.188 e. The quantitative estimate of drug-likeness (QED) is 0.717. The van der Waals surface area contributed by atoms with Gasteiger partial charge in [-0.25, -0.2) is 0 Å². The first kappa shape index (κ1) is 9.40. The molecular weight excluding hydrogens is 178 g/mol. The van der Waals surface area contributed by atoms with Crippen molar-refractivity contribution < 1.29 is 4.79 Å². The lowest BCUT2D eigenvalue weighted by molar-refractivity contribution is 0.0895. The van der Waals surface area contributed by atoms with E-state index < -0.39 is 0 Å². The molecule has 4 heteroatoms. The van der Waals surface area contributed by atoms with Crippen LogP contribution in [0.1, 0.15) is 28.9 Å². The molecule has 0 unspecified atom stereocenters. The van der Waals surface area contributed by atoms with Crippen molar-refractivity contribution in [2.75, 3.05) is 6.54 Å². The van der Waals surface area contributed by atoms with Crippen molar-refractivity contribution in [3.05, 3.63) is 17.5 Å². The molecule has 0 bridgehead atoms. The van der Waals surface area contributed by atoms with Gasteiger partial charge in [-0.05, 0) is 25.3 Å². The Morgan fingerprint density at radius 1 is 1.71 bits per heavy atom. The van der Waals surface area contributed by atoms with Gasteiger partial charge in [0.25, 0.3) is 0 Å². The van der Waals surface area contributed by atoms with E-state index in [0.29, 0.717) is 12.2 Å². The zero-order valence-electron chi connectivity index (χ0n) is 8.58. The van der Waals surface area contributed by atoms with E-state index in [9.17, 15) is 4.79 Å². The monoisotopic (exact) mass is 193 g/mol. The molecule has 2 N–H and O–H groups in total. The van der Waals surface area contributed by atoms with E-state index >= 15 is 0 Å². The fourth-order valence-corrected chi connectivity index (χ4v) is 1.80. The van der Waals surface area contributed by atoms with Crippen LogP contribution in [0.4, 0.5) is 0 Å². The maximum atomic E-state index is 12.1. The Bertz CT molecular complexity index is 357. The number of nitrogens with two attached hydrogens (primary N) is 1. The second-order valence-electron chi connectivity index (χ2n) is 4.11. The first-order chi connectivity index (χ1) is 6.60. The van der Waals surface area contributed by atoms with Gasteiger partial charge in [0.1, 0.15) is 5.69 Å². The lowest BCUT2D eigenvalue weighted by atomic mass is 9.97. The van der Waals surface area contributed by atoms with Gasteiger partial charge in [0, 0.05) is 19.0 Å². The van der Waals surface area contributed by atoms with E-state index in [1.54, 1.807) is 17.9 Å². The minimum atomic E-state index is -0.265. The zero-order chi connectivity index (χ0) is 10.3. The van der Waals surface area contributed by atoms with Crippen molar-refractivity contribution in [3.63, 3.8) is 0 Å². The summed E-state index contributed by atoms with van der Waals surface area (Å²) in [5.74, 6) is 0.164. The summed E-state index contributed by atoms with van der Waals surface area (Å²) in [6.07, 6.45) is 3.57. The lowest BCUT2D eigenvalue weighted by Crippen LogP contribution is -2.27.